The Morgan fingerprint density at radius 1 is 1.48 bits per heavy atom. The van der Waals surface area contributed by atoms with Crippen molar-refractivity contribution in [2.45, 2.75) is 31.8 Å². The molecule has 2 heterocycles. The second kappa shape index (κ2) is 6.10. The zero-order valence-electron chi connectivity index (χ0n) is 12.1. The number of aromatic nitrogens is 2. The van der Waals surface area contributed by atoms with Gasteiger partial charge in [-0.05, 0) is 50.1 Å². The highest BCUT2D eigenvalue weighted by atomic mass is 16.2. The Labute approximate surface area is 124 Å². The molecule has 5 heteroatoms. The molecule has 1 saturated heterocycles. The van der Waals surface area contributed by atoms with E-state index in [0.717, 1.165) is 30.6 Å². The maximum Gasteiger partial charge on any atom is 0.237 e. The molecule has 0 spiro atoms. The maximum absolute atomic E-state index is 12.2. The van der Waals surface area contributed by atoms with Crippen molar-refractivity contribution in [2.24, 2.45) is 0 Å². The predicted molar refractivity (Wildman–Crippen MR) is 81.1 cm³/mol. The number of benzene rings is 1. The summed E-state index contributed by atoms with van der Waals surface area (Å²) in [6.45, 7) is 2.94. The average Bonchev–Trinajstić information content (AvgIpc) is 3.20. The summed E-state index contributed by atoms with van der Waals surface area (Å²) in [7, 11) is 0. The zero-order valence-corrected chi connectivity index (χ0v) is 12.1. The first kappa shape index (κ1) is 13.8. The Hall–Kier alpha value is -2.14. The minimum absolute atomic E-state index is 0.0181. The molecule has 1 amide bonds. The van der Waals surface area contributed by atoms with E-state index in [1.54, 1.807) is 6.20 Å². The van der Waals surface area contributed by atoms with Crippen LogP contribution in [0.5, 0.6) is 0 Å². The van der Waals surface area contributed by atoms with Crippen LogP contribution in [0, 0.1) is 0 Å². The molecule has 1 fully saturated rings. The van der Waals surface area contributed by atoms with E-state index in [1.807, 2.05) is 42.1 Å². The third kappa shape index (κ3) is 3.13. The molecule has 0 aliphatic carbocycles. The topological polar surface area (TPSA) is 59.0 Å². The normalized spacial score (nSPS) is 19.4. The van der Waals surface area contributed by atoms with Crippen LogP contribution in [0.1, 0.15) is 31.4 Å². The third-order valence-electron chi connectivity index (χ3n) is 3.87. The molecule has 1 aromatic heterocycles. The molecule has 110 valence electrons. The Morgan fingerprint density at radius 2 is 2.38 bits per heavy atom. The van der Waals surface area contributed by atoms with Gasteiger partial charge >= 0.3 is 0 Å². The van der Waals surface area contributed by atoms with Crippen LogP contribution in [0.2, 0.25) is 0 Å². The minimum atomic E-state index is -0.0400. The first-order valence-electron chi connectivity index (χ1n) is 7.38. The number of rotatable bonds is 4. The average molecular weight is 284 g/mol. The molecule has 2 atom stereocenters. The van der Waals surface area contributed by atoms with Gasteiger partial charge in [0.15, 0.2) is 0 Å². The molecule has 1 aliphatic rings. The van der Waals surface area contributed by atoms with Crippen LogP contribution in [-0.2, 0) is 4.79 Å². The van der Waals surface area contributed by atoms with Crippen molar-refractivity contribution in [3.63, 3.8) is 0 Å². The molecule has 0 bridgehead atoms. The van der Waals surface area contributed by atoms with E-state index in [1.165, 1.54) is 0 Å². The summed E-state index contributed by atoms with van der Waals surface area (Å²) in [4.78, 5) is 12.2. The van der Waals surface area contributed by atoms with Gasteiger partial charge in [0.2, 0.25) is 5.91 Å². The summed E-state index contributed by atoms with van der Waals surface area (Å²) in [6.07, 6.45) is 5.65. The highest BCUT2D eigenvalue weighted by molar-refractivity contribution is 5.82. The summed E-state index contributed by atoms with van der Waals surface area (Å²) >= 11 is 0. The fourth-order valence-corrected chi connectivity index (χ4v) is 2.66. The number of nitrogens with zero attached hydrogens (tertiary/aromatic N) is 2. The number of hydrogen-bond donors (Lipinski definition) is 2. The van der Waals surface area contributed by atoms with Crippen molar-refractivity contribution in [3.05, 3.63) is 48.3 Å². The molecule has 5 nitrogen and oxygen atoms in total. The Balaban J connectivity index is 1.71. The van der Waals surface area contributed by atoms with Crippen molar-refractivity contribution in [1.82, 2.24) is 20.4 Å². The molecule has 1 aliphatic heterocycles. The predicted octanol–water partition coefficient (Wildman–Crippen LogP) is 1.80. The standard InChI is InChI=1S/C16H20N4O/c1-12(19-16(21)15-7-3-8-17-15)13-5-2-6-14(11-13)20-10-4-9-18-20/h2,4-6,9-12,15,17H,3,7-8H2,1H3,(H,19,21)/t12-,15-/m0/s1. The van der Waals surface area contributed by atoms with Gasteiger partial charge in [0.25, 0.3) is 0 Å². The molecule has 0 unspecified atom stereocenters. The molecule has 1 aromatic carbocycles. The quantitative estimate of drug-likeness (QED) is 0.900. The van der Waals surface area contributed by atoms with E-state index in [9.17, 15) is 4.79 Å². The smallest absolute Gasteiger partial charge is 0.237 e. The van der Waals surface area contributed by atoms with E-state index in [0.29, 0.717) is 0 Å². The number of carbonyl (C=O) groups excluding carboxylic acids is 1. The van der Waals surface area contributed by atoms with Gasteiger partial charge in [-0.15, -0.1) is 0 Å². The van der Waals surface area contributed by atoms with Crippen LogP contribution in [0.25, 0.3) is 5.69 Å². The van der Waals surface area contributed by atoms with Gasteiger partial charge in [-0.3, -0.25) is 4.79 Å². The number of amides is 1. The van der Waals surface area contributed by atoms with Crippen molar-refractivity contribution < 1.29 is 4.79 Å². The van der Waals surface area contributed by atoms with Crippen molar-refractivity contribution in [1.29, 1.82) is 0 Å². The number of nitrogens with one attached hydrogen (secondary N) is 2. The summed E-state index contributed by atoms with van der Waals surface area (Å²) in [5.41, 5.74) is 2.08. The summed E-state index contributed by atoms with van der Waals surface area (Å²) in [5, 5.41) is 10.5. The van der Waals surface area contributed by atoms with Crippen molar-refractivity contribution >= 4 is 5.91 Å². The summed E-state index contributed by atoms with van der Waals surface area (Å²) < 4.78 is 1.82. The van der Waals surface area contributed by atoms with Crippen LogP contribution < -0.4 is 10.6 Å². The van der Waals surface area contributed by atoms with Crippen LogP contribution in [-0.4, -0.2) is 28.3 Å². The van der Waals surface area contributed by atoms with E-state index >= 15 is 0 Å². The van der Waals surface area contributed by atoms with Gasteiger partial charge in [0.1, 0.15) is 0 Å². The Bertz CT molecular complexity index is 602. The third-order valence-corrected chi connectivity index (χ3v) is 3.87. The van der Waals surface area contributed by atoms with Gasteiger partial charge < -0.3 is 10.6 Å². The fraction of sp³-hybridized carbons (Fsp3) is 0.375. The first-order chi connectivity index (χ1) is 10.2. The lowest BCUT2D eigenvalue weighted by Crippen LogP contribution is -2.41. The zero-order chi connectivity index (χ0) is 14.7. The molecule has 0 saturated carbocycles. The lowest BCUT2D eigenvalue weighted by molar-refractivity contribution is -0.123. The highest BCUT2D eigenvalue weighted by Gasteiger charge is 2.23. The number of carbonyl (C=O) groups is 1. The van der Waals surface area contributed by atoms with Gasteiger partial charge in [-0.1, -0.05) is 12.1 Å². The molecular weight excluding hydrogens is 264 g/mol. The molecule has 3 rings (SSSR count). The second-order valence-electron chi connectivity index (χ2n) is 5.42. The van der Waals surface area contributed by atoms with Gasteiger partial charge in [0.05, 0.1) is 17.8 Å². The molecule has 21 heavy (non-hydrogen) atoms. The monoisotopic (exact) mass is 284 g/mol. The number of hydrogen-bond acceptors (Lipinski definition) is 3. The summed E-state index contributed by atoms with van der Waals surface area (Å²) in [5.74, 6) is 0.0875. The Morgan fingerprint density at radius 3 is 3.10 bits per heavy atom. The van der Waals surface area contributed by atoms with Crippen molar-refractivity contribution in [2.75, 3.05) is 6.54 Å². The van der Waals surface area contributed by atoms with Crippen LogP contribution >= 0.6 is 0 Å². The van der Waals surface area contributed by atoms with Gasteiger partial charge in [-0.2, -0.15) is 5.10 Å². The SMILES string of the molecule is C[C@H](NC(=O)[C@@H]1CCCN1)c1cccc(-n2cccn2)c1. The van der Waals surface area contributed by atoms with Crippen LogP contribution in [0.15, 0.2) is 42.7 Å². The van der Waals surface area contributed by atoms with E-state index in [4.69, 9.17) is 0 Å². The van der Waals surface area contributed by atoms with E-state index in [-0.39, 0.29) is 18.0 Å². The minimum Gasteiger partial charge on any atom is -0.348 e. The lowest BCUT2D eigenvalue weighted by Gasteiger charge is -2.18. The van der Waals surface area contributed by atoms with E-state index in [2.05, 4.69) is 21.8 Å². The lowest BCUT2D eigenvalue weighted by atomic mass is 10.1. The molecule has 0 radical (unpaired) electrons. The largest absolute Gasteiger partial charge is 0.348 e. The molecule has 2 aromatic rings. The van der Waals surface area contributed by atoms with E-state index < -0.39 is 0 Å². The maximum atomic E-state index is 12.2. The summed E-state index contributed by atoms with van der Waals surface area (Å²) in [6, 6.07) is 9.91. The van der Waals surface area contributed by atoms with Crippen LogP contribution in [0.3, 0.4) is 0 Å². The van der Waals surface area contributed by atoms with Crippen molar-refractivity contribution in [3.8, 4) is 5.69 Å². The first-order valence-corrected chi connectivity index (χ1v) is 7.38. The fourth-order valence-electron chi connectivity index (χ4n) is 2.66. The second-order valence-corrected chi connectivity index (χ2v) is 5.42. The van der Waals surface area contributed by atoms with Gasteiger partial charge in [-0.25, -0.2) is 4.68 Å². The molecular formula is C16H20N4O. The highest BCUT2D eigenvalue weighted by Crippen LogP contribution is 2.17. The van der Waals surface area contributed by atoms with Crippen LogP contribution in [0.4, 0.5) is 0 Å². The Kier molecular flexibility index (Phi) is 4.01. The molecule has 2 N–H and O–H groups in total. The van der Waals surface area contributed by atoms with Gasteiger partial charge in [0, 0.05) is 12.4 Å².